The maximum Gasteiger partial charge on any atom is 0.258 e. The molecule has 2 amide bonds. The molecule has 2 aromatic rings. The Morgan fingerprint density at radius 2 is 1.68 bits per heavy atom. The fourth-order valence-electron chi connectivity index (χ4n) is 3.25. The molecule has 0 saturated carbocycles. The summed E-state index contributed by atoms with van der Waals surface area (Å²) in [5.74, 6) is -0.393. The maximum atomic E-state index is 13.1. The van der Waals surface area contributed by atoms with Gasteiger partial charge in [0.25, 0.3) is 5.91 Å². The first-order chi connectivity index (χ1) is 11.9. The lowest BCUT2D eigenvalue weighted by molar-refractivity contribution is -0.128. The number of anilines is 1. The third-order valence-corrected chi connectivity index (χ3v) is 4.63. The third-order valence-electron chi connectivity index (χ3n) is 4.63. The predicted molar refractivity (Wildman–Crippen MR) is 98.5 cm³/mol. The quantitative estimate of drug-likeness (QED) is 0.877. The Labute approximate surface area is 147 Å². The van der Waals surface area contributed by atoms with Crippen molar-refractivity contribution in [3.8, 4) is 0 Å². The maximum absolute atomic E-state index is 13.1. The van der Waals surface area contributed by atoms with Gasteiger partial charge in [-0.15, -0.1) is 0 Å². The number of likely N-dealkylation sites (N-methyl/N-ethyl adjacent to an activating group) is 1. The second kappa shape index (κ2) is 6.43. The molecule has 0 aliphatic carbocycles. The fraction of sp³-hybridized carbons (Fsp3) is 0.200. The molecule has 1 aliphatic heterocycles. The average molecular weight is 335 g/mol. The normalized spacial score (nSPS) is 20.0. The standard InChI is InChI=1S/C20H21N3O2/c1-13(15-9-5-4-6-10-15)18-22(3)19(24)14(2)23(18)20(25)16-11-7-8-12-17(16)21/h4-12,14,18H,1,21H2,2-3H3/t14-,18+/m0/s1. The zero-order chi connectivity index (χ0) is 18.1. The smallest absolute Gasteiger partial charge is 0.258 e. The van der Waals surface area contributed by atoms with E-state index in [0.29, 0.717) is 16.8 Å². The zero-order valence-electron chi connectivity index (χ0n) is 14.3. The highest BCUT2D eigenvalue weighted by molar-refractivity contribution is 6.04. The van der Waals surface area contributed by atoms with E-state index >= 15 is 0 Å². The van der Waals surface area contributed by atoms with Crippen molar-refractivity contribution in [2.75, 3.05) is 12.8 Å². The minimum absolute atomic E-state index is 0.120. The SMILES string of the molecule is C=C(c1ccccc1)[C@@H]1N(C)C(=O)[C@H](C)N1C(=O)c1ccccc1N. The number of nitrogens with zero attached hydrogens (tertiary/aromatic N) is 2. The number of hydrogen-bond donors (Lipinski definition) is 1. The van der Waals surface area contributed by atoms with Gasteiger partial charge in [0.2, 0.25) is 5.91 Å². The summed E-state index contributed by atoms with van der Waals surface area (Å²) in [6.45, 7) is 5.89. The van der Waals surface area contributed by atoms with E-state index in [1.807, 2.05) is 30.3 Å². The van der Waals surface area contributed by atoms with Crippen LogP contribution in [0.25, 0.3) is 5.57 Å². The van der Waals surface area contributed by atoms with Crippen LogP contribution in [0, 0.1) is 0 Å². The number of nitrogen functional groups attached to an aromatic ring is 1. The van der Waals surface area contributed by atoms with Gasteiger partial charge >= 0.3 is 0 Å². The second-order valence-electron chi connectivity index (χ2n) is 6.19. The lowest BCUT2D eigenvalue weighted by Gasteiger charge is -2.31. The highest BCUT2D eigenvalue weighted by Gasteiger charge is 2.46. The van der Waals surface area contributed by atoms with Crippen molar-refractivity contribution < 1.29 is 9.59 Å². The molecule has 0 aromatic heterocycles. The van der Waals surface area contributed by atoms with E-state index in [0.717, 1.165) is 5.56 Å². The molecule has 2 aromatic carbocycles. The van der Waals surface area contributed by atoms with Crippen molar-refractivity contribution in [3.05, 3.63) is 72.3 Å². The average Bonchev–Trinajstić information content (AvgIpc) is 2.86. The van der Waals surface area contributed by atoms with Crippen LogP contribution in [-0.2, 0) is 4.79 Å². The molecule has 0 spiro atoms. The molecular formula is C20H21N3O2. The predicted octanol–water partition coefficient (Wildman–Crippen LogP) is 2.61. The van der Waals surface area contributed by atoms with Crippen LogP contribution in [0.1, 0.15) is 22.8 Å². The van der Waals surface area contributed by atoms with Gasteiger partial charge in [-0.25, -0.2) is 0 Å². The molecule has 2 atom stereocenters. The van der Waals surface area contributed by atoms with Gasteiger partial charge in [0.1, 0.15) is 12.2 Å². The van der Waals surface area contributed by atoms with Crippen molar-refractivity contribution in [2.24, 2.45) is 0 Å². The molecule has 128 valence electrons. The van der Waals surface area contributed by atoms with Crippen LogP contribution in [-0.4, -0.2) is 40.9 Å². The van der Waals surface area contributed by atoms with Crippen molar-refractivity contribution >= 4 is 23.1 Å². The van der Waals surface area contributed by atoms with Crippen LogP contribution in [0.4, 0.5) is 5.69 Å². The van der Waals surface area contributed by atoms with Crippen LogP contribution in [0.15, 0.2) is 61.2 Å². The first-order valence-corrected chi connectivity index (χ1v) is 8.11. The van der Waals surface area contributed by atoms with Gasteiger partial charge in [-0.3, -0.25) is 9.59 Å². The minimum atomic E-state index is -0.581. The summed E-state index contributed by atoms with van der Waals surface area (Å²) in [7, 11) is 1.69. The number of hydrogen-bond acceptors (Lipinski definition) is 3. The fourth-order valence-corrected chi connectivity index (χ4v) is 3.25. The van der Waals surface area contributed by atoms with Gasteiger partial charge in [0, 0.05) is 12.7 Å². The summed E-state index contributed by atoms with van der Waals surface area (Å²) in [5.41, 5.74) is 8.34. The Hall–Kier alpha value is -3.08. The molecule has 0 radical (unpaired) electrons. The third kappa shape index (κ3) is 2.78. The summed E-state index contributed by atoms with van der Waals surface area (Å²) in [6, 6.07) is 15.9. The van der Waals surface area contributed by atoms with Gasteiger partial charge < -0.3 is 15.5 Å². The van der Waals surface area contributed by atoms with Crippen LogP contribution in [0.3, 0.4) is 0 Å². The van der Waals surface area contributed by atoms with Crippen molar-refractivity contribution in [1.82, 2.24) is 9.80 Å². The van der Waals surface area contributed by atoms with Crippen molar-refractivity contribution in [3.63, 3.8) is 0 Å². The summed E-state index contributed by atoms with van der Waals surface area (Å²) < 4.78 is 0. The Balaban J connectivity index is 2.03. The molecule has 1 aliphatic rings. The lowest BCUT2D eigenvalue weighted by atomic mass is 10.0. The van der Waals surface area contributed by atoms with Crippen LogP contribution < -0.4 is 5.73 Å². The highest BCUT2D eigenvalue weighted by atomic mass is 16.2. The Kier molecular flexibility index (Phi) is 4.31. The number of benzene rings is 2. The van der Waals surface area contributed by atoms with Gasteiger partial charge in [-0.05, 0) is 30.2 Å². The van der Waals surface area contributed by atoms with E-state index in [9.17, 15) is 9.59 Å². The van der Waals surface area contributed by atoms with E-state index in [2.05, 4.69) is 6.58 Å². The molecule has 1 fully saturated rings. The Bertz CT molecular complexity index is 832. The van der Waals surface area contributed by atoms with Crippen LogP contribution >= 0.6 is 0 Å². The van der Waals surface area contributed by atoms with Crippen molar-refractivity contribution in [2.45, 2.75) is 19.1 Å². The lowest BCUT2D eigenvalue weighted by Crippen LogP contribution is -2.44. The number of nitrogens with two attached hydrogens (primary N) is 1. The molecule has 25 heavy (non-hydrogen) atoms. The molecule has 1 heterocycles. The van der Waals surface area contributed by atoms with Gasteiger partial charge in [-0.1, -0.05) is 49.0 Å². The second-order valence-corrected chi connectivity index (χ2v) is 6.19. The van der Waals surface area contributed by atoms with Crippen molar-refractivity contribution in [1.29, 1.82) is 0 Å². The van der Waals surface area contributed by atoms with E-state index in [-0.39, 0.29) is 11.8 Å². The molecule has 3 rings (SSSR count). The number of rotatable bonds is 3. The van der Waals surface area contributed by atoms with E-state index in [4.69, 9.17) is 5.73 Å². The van der Waals surface area contributed by atoms with Crippen LogP contribution in [0.5, 0.6) is 0 Å². The first kappa shape index (κ1) is 16.8. The van der Waals surface area contributed by atoms with E-state index in [1.54, 1.807) is 48.0 Å². The molecule has 5 heteroatoms. The van der Waals surface area contributed by atoms with Gasteiger partial charge in [-0.2, -0.15) is 0 Å². The minimum Gasteiger partial charge on any atom is -0.398 e. The summed E-state index contributed by atoms with van der Waals surface area (Å²) in [4.78, 5) is 28.8. The molecule has 0 bridgehead atoms. The number of carbonyl (C=O) groups excluding carboxylic acids is 2. The van der Waals surface area contributed by atoms with Gasteiger partial charge in [0.15, 0.2) is 0 Å². The zero-order valence-corrected chi connectivity index (χ0v) is 14.3. The number of carbonyl (C=O) groups is 2. The number of para-hydroxylation sites is 1. The highest BCUT2D eigenvalue weighted by Crippen LogP contribution is 2.32. The molecule has 5 nitrogen and oxygen atoms in total. The first-order valence-electron chi connectivity index (χ1n) is 8.11. The molecule has 2 N–H and O–H groups in total. The summed E-state index contributed by atoms with van der Waals surface area (Å²) in [5, 5.41) is 0. The summed E-state index contributed by atoms with van der Waals surface area (Å²) >= 11 is 0. The topological polar surface area (TPSA) is 66.6 Å². The Morgan fingerprint density at radius 3 is 2.32 bits per heavy atom. The molecule has 1 saturated heterocycles. The van der Waals surface area contributed by atoms with E-state index < -0.39 is 12.2 Å². The summed E-state index contributed by atoms with van der Waals surface area (Å²) in [6.07, 6.45) is -0.544. The van der Waals surface area contributed by atoms with Gasteiger partial charge in [0.05, 0.1) is 5.56 Å². The Morgan fingerprint density at radius 1 is 1.08 bits per heavy atom. The number of amides is 2. The van der Waals surface area contributed by atoms with E-state index in [1.165, 1.54) is 0 Å². The van der Waals surface area contributed by atoms with Crippen LogP contribution in [0.2, 0.25) is 0 Å². The molecule has 0 unspecified atom stereocenters. The largest absolute Gasteiger partial charge is 0.398 e. The molecular weight excluding hydrogens is 314 g/mol. The monoisotopic (exact) mass is 335 g/mol.